The van der Waals surface area contributed by atoms with E-state index in [1.807, 2.05) is 0 Å². The lowest BCUT2D eigenvalue weighted by molar-refractivity contribution is -0.149. The number of benzene rings is 1. The number of ether oxygens (including phenoxy) is 3. The summed E-state index contributed by atoms with van der Waals surface area (Å²) in [6.07, 6.45) is 1.55. The monoisotopic (exact) mass is 321 g/mol. The Morgan fingerprint density at radius 3 is 2.61 bits per heavy atom. The molecule has 6 heteroatoms. The standard InChI is InChI=1S/C17H23NO5/c1-4-23-17(20)13-6-5-9-18(11-13)16(19)12-7-8-14(21-2)15(10-12)22-3/h7-8,10,13H,4-6,9,11H2,1-3H3/t13-/m0/s1. The Hall–Kier alpha value is -2.24. The third-order valence-corrected chi connectivity index (χ3v) is 3.96. The Morgan fingerprint density at radius 2 is 1.96 bits per heavy atom. The molecular weight excluding hydrogens is 298 g/mol. The molecule has 1 heterocycles. The van der Waals surface area contributed by atoms with Crippen molar-refractivity contribution in [2.75, 3.05) is 33.9 Å². The highest BCUT2D eigenvalue weighted by atomic mass is 16.5. The van der Waals surface area contributed by atoms with E-state index >= 15 is 0 Å². The van der Waals surface area contributed by atoms with E-state index in [9.17, 15) is 9.59 Å². The maximum atomic E-state index is 12.7. The molecule has 0 radical (unpaired) electrons. The zero-order chi connectivity index (χ0) is 16.8. The zero-order valence-electron chi connectivity index (χ0n) is 13.8. The van der Waals surface area contributed by atoms with E-state index < -0.39 is 0 Å². The first kappa shape index (κ1) is 17.1. The van der Waals surface area contributed by atoms with Crippen LogP contribution in [0.15, 0.2) is 18.2 Å². The van der Waals surface area contributed by atoms with Gasteiger partial charge in [-0.2, -0.15) is 0 Å². The molecule has 0 saturated carbocycles. The molecule has 1 aliphatic rings. The highest BCUT2D eigenvalue weighted by Crippen LogP contribution is 2.29. The molecule has 0 unspecified atom stereocenters. The van der Waals surface area contributed by atoms with Gasteiger partial charge in [0.2, 0.25) is 0 Å². The topological polar surface area (TPSA) is 65.1 Å². The molecule has 1 aromatic rings. The lowest BCUT2D eigenvalue weighted by atomic mass is 9.97. The van der Waals surface area contributed by atoms with Crippen LogP contribution >= 0.6 is 0 Å². The number of nitrogens with zero attached hydrogens (tertiary/aromatic N) is 1. The molecule has 0 spiro atoms. The smallest absolute Gasteiger partial charge is 0.310 e. The Bertz CT molecular complexity index is 572. The van der Waals surface area contributed by atoms with E-state index in [1.165, 1.54) is 7.11 Å². The molecule has 0 aliphatic carbocycles. The van der Waals surface area contributed by atoms with E-state index in [4.69, 9.17) is 14.2 Å². The van der Waals surface area contributed by atoms with E-state index in [1.54, 1.807) is 37.1 Å². The number of likely N-dealkylation sites (tertiary alicyclic amines) is 1. The highest BCUT2D eigenvalue weighted by molar-refractivity contribution is 5.95. The fourth-order valence-corrected chi connectivity index (χ4v) is 2.77. The van der Waals surface area contributed by atoms with Gasteiger partial charge >= 0.3 is 5.97 Å². The summed E-state index contributed by atoms with van der Waals surface area (Å²) < 4.78 is 15.5. The van der Waals surface area contributed by atoms with E-state index in [2.05, 4.69) is 0 Å². The average Bonchev–Trinajstić information content (AvgIpc) is 2.60. The van der Waals surface area contributed by atoms with Crippen LogP contribution in [0.1, 0.15) is 30.1 Å². The van der Waals surface area contributed by atoms with Crippen molar-refractivity contribution in [1.29, 1.82) is 0 Å². The Morgan fingerprint density at radius 1 is 1.22 bits per heavy atom. The molecule has 0 aromatic heterocycles. The first-order chi connectivity index (χ1) is 11.1. The summed E-state index contributed by atoms with van der Waals surface area (Å²) in [7, 11) is 3.08. The van der Waals surface area contributed by atoms with Crippen molar-refractivity contribution in [2.24, 2.45) is 5.92 Å². The summed E-state index contributed by atoms with van der Waals surface area (Å²) in [6, 6.07) is 5.08. The number of carbonyl (C=O) groups excluding carboxylic acids is 2. The molecular formula is C17H23NO5. The van der Waals surface area contributed by atoms with Crippen LogP contribution in [-0.4, -0.2) is 50.7 Å². The van der Waals surface area contributed by atoms with Gasteiger partial charge in [-0.05, 0) is 38.0 Å². The minimum absolute atomic E-state index is 0.111. The molecule has 2 rings (SSSR count). The molecule has 1 amide bonds. The number of carbonyl (C=O) groups is 2. The molecule has 23 heavy (non-hydrogen) atoms. The molecule has 126 valence electrons. The molecule has 1 atom stereocenters. The van der Waals surface area contributed by atoms with Crippen LogP contribution in [0.3, 0.4) is 0 Å². The fourth-order valence-electron chi connectivity index (χ4n) is 2.77. The van der Waals surface area contributed by atoms with E-state index in [-0.39, 0.29) is 17.8 Å². The van der Waals surface area contributed by atoms with Crippen molar-refractivity contribution in [3.63, 3.8) is 0 Å². The van der Waals surface area contributed by atoms with Gasteiger partial charge in [0.1, 0.15) is 0 Å². The second-order valence-corrected chi connectivity index (χ2v) is 5.41. The van der Waals surface area contributed by atoms with Gasteiger partial charge in [0.25, 0.3) is 5.91 Å². The summed E-state index contributed by atoms with van der Waals surface area (Å²) in [5, 5.41) is 0. The largest absolute Gasteiger partial charge is 0.493 e. The summed E-state index contributed by atoms with van der Waals surface area (Å²) >= 11 is 0. The number of amides is 1. The zero-order valence-corrected chi connectivity index (χ0v) is 13.8. The van der Waals surface area contributed by atoms with Gasteiger partial charge in [0.15, 0.2) is 11.5 Å². The predicted octanol–water partition coefficient (Wildman–Crippen LogP) is 2.12. The number of hydrogen-bond acceptors (Lipinski definition) is 5. The van der Waals surface area contributed by atoms with Gasteiger partial charge in [0, 0.05) is 18.7 Å². The van der Waals surface area contributed by atoms with Crippen LogP contribution < -0.4 is 9.47 Å². The highest BCUT2D eigenvalue weighted by Gasteiger charge is 2.30. The molecule has 0 N–H and O–H groups in total. The third-order valence-electron chi connectivity index (χ3n) is 3.96. The SMILES string of the molecule is CCOC(=O)[C@H]1CCCN(C(=O)c2ccc(OC)c(OC)c2)C1. The molecule has 1 aromatic carbocycles. The maximum absolute atomic E-state index is 12.7. The van der Waals surface area contributed by atoms with Crippen molar-refractivity contribution in [1.82, 2.24) is 4.90 Å². The summed E-state index contributed by atoms with van der Waals surface area (Å²) in [5.41, 5.74) is 0.521. The van der Waals surface area contributed by atoms with Gasteiger partial charge in [-0.3, -0.25) is 9.59 Å². The van der Waals surface area contributed by atoms with Crippen molar-refractivity contribution in [3.05, 3.63) is 23.8 Å². The van der Waals surface area contributed by atoms with Gasteiger partial charge in [-0.15, -0.1) is 0 Å². The Labute approximate surface area is 136 Å². The molecule has 0 bridgehead atoms. The average molecular weight is 321 g/mol. The van der Waals surface area contributed by atoms with Gasteiger partial charge < -0.3 is 19.1 Å². The second-order valence-electron chi connectivity index (χ2n) is 5.41. The van der Waals surface area contributed by atoms with E-state index in [0.717, 1.165) is 12.8 Å². The molecule has 1 aliphatic heterocycles. The number of hydrogen-bond donors (Lipinski definition) is 0. The lowest BCUT2D eigenvalue weighted by Crippen LogP contribution is -2.42. The Kier molecular flexibility index (Phi) is 5.84. The number of rotatable bonds is 5. The third kappa shape index (κ3) is 3.94. The van der Waals surface area contributed by atoms with Crippen LogP contribution in [0, 0.1) is 5.92 Å². The van der Waals surface area contributed by atoms with Crippen molar-refractivity contribution >= 4 is 11.9 Å². The normalized spacial score (nSPS) is 17.5. The van der Waals surface area contributed by atoms with Gasteiger partial charge in [0.05, 0.1) is 26.7 Å². The van der Waals surface area contributed by atoms with Crippen LogP contribution in [0.5, 0.6) is 11.5 Å². The summed E-state index contributed by atoms with van der Waals surface area (Å²) in [5.74, 6) is 0.509. The first-order valence-corrected chi connectivity index (χ1v) is 7.78. The minimum Gasteiger partial charge on any atom is -0.493 e. The summed E-state index contributed by atoms with van der Waals surface area (Å²) in [4.78, 5) is 26.3. The van der Waals surface area contributed by atoms with Crippen LogP contribution in [0.25, 0.3) is 0 Å². The van der Waals surface area contributed by atoms with Gasteiger partial charge in [-0.1, -0.05) is 0 Å². The van der Waals surface area contributed by atoms with Crippen LogP contribution in [0.4, 0.5) is 0 Å². The molecule has 6 nitrogen and oxygen atoms in total. The van der Waals surface area contributed by atoms with Crippen LogP contribution in [0.2, 0.25) is 0 Å². The Balaban J connectivity index is 2.12. The predicted molar refractivity (Wildman–Crippen MR) is 84.8 cm³/mol. The van der Waals surface area contributed by atoms with Crippen molar-refractivity contribution in [3.8, 4) is 11.5 Å². The van der Waals surface area contributed by atoms with E-state index in [0.29, 0.717) is 36.8 Å². The van der Waals surface area contributed by atoms with Crippen molar-refractivity contribution < 1.29 is 23.8 Å². The van der Waals surface area contributed by atoms with Crippen LogP contribution in [-0.2, 0) is 9.53 Å². The minimum atomic E-state index is -0.243. The second kappa shape index (κ2) is 7.85. The number of piperidine rings is 1. The number of esters is 1. The molecule has 1 fully saturated rings. The maximum Gasteiger partial charge on any atom is 0.310 e. The quantitative estimate of drug-likeness (QED) is 0.777. The van der Waals surface area contributed by atoms with Crippen molar-refractivity contribution in [2.45, 2.75) is 19.8 Å². The number of methoxy groups -OCH3 is 2. The molecule has 1 saturated heterocycles. The summed E-state index contributed by atoms with van der Waals surface area (Å²) in [6.45, 7) is 3.18. The lowest BCUT2D eigenvalue weighted by Gasteiger charge is -2.31. The van der Waals surface area contributed by atoms with Gasteiger partial charge in [-0.25, -0.2) is 0 Å². The fraction of sp³-hybridized carbons (Fsp3) is 0.529. The first-order valence-electron chi connectivity index (χ1n) is 7.78.